The predicted octanol–water partition coefficient (Wildman–Crippen LogP) is 1.57. The summed E-state index contributed by atoms with van der Waals surface area (Å²) < 4.78 is 16.9. The van der Waals surface area contributed by atoms with Crippen LogP contribution < -0.4 is 0 Å². The standard InChI is InChI=1S/C7H9FO2/c8-6-4-2-1-3-5-10-7(6)9/h4H,1-3,5H2/b6-4+. The molecular weight excluding hydrogens is 135 g/mol. The third kappa shape index (κ3) is 1.83. The maximum absolute atomic E-state index is 12.4. The van der Waals surface area contributed by atoms with Gasteiger partial charge in [-0.1, -0.05) is 0 Å². The van der Waals surface area contributed by atoms with Crippen LogP contribution in [0.25, 0.3) is 0 Å². The van der Waals surface area contributed by atoms with Gasteiger partial charge < -0.3 is 4.74 Å². The zero-order valence-corrected chi connectivity index (χ0v) is 5.60. The van der Waals surface area contributed by atoms with E-state index in [4.69, 9.17) is 0 Å². The van der Waals surface area contributed by atoms with Gasteiger partial charge in [0.2, 0.25) is 5.83 Å². The van der Waals surface area contributed by atoms with Crippen LogP contribution in [0, 0.1) is 0 Å². The summed E-state index contributed by atoms with van der Waals surface area (Å²) in [5.41, 5.74) is 0. The van der Waals surface area contributed by atoms with Crippen molar-refractivity contribution < 1.29 is 13.9 Å². The van der Waals surface area contributed by atoms with E-state index in [-0.39, 0.29) is 0 Å². The van der Waals surface area contributed by atoms with Gasteiger partial charge in [0.25, 0.3) is 0 Å². The zero-order valence-electron chi connectivity index (χ0n) is 5.60. The molecule has 0 aromatic rings. The molecular formula is C7H9FO2. The molecule has 2 nitrogen and oxygen atoms in total. The number of rotatable bonds is 0. The van der Waals surface area contributed by atoms with Gasteiger partial charge in [-0.05, 0) is 25.3 Å². The SMILES string of the molecule is O=C1OCCCC/C=C\1F. The summed E-state index contributed by atoms with van der Waals surface area (Å²) in [6.45, 7) is 0.347. The second kappa shape index (κ2) is 3.34. The molecule has 0 unspecified atom stereocenters. The molecule has 0 N–H and O–H groups in total. The van der Waals surface area contributed by atoms with Gasteiger partial charge >= 0.3 is 5.97 Å². The third-order valence-electron chi connectivity index (χ3n) is 1.35. The van der Waals surface area contributed by atoms with E-state index in [2.05, 4.69) is 4.74 Å². The molecule has 0 saturated heterocycles. The van der Waals surface area contributed by atoms with Gasteiger partial charge in [-0.2, -0.15) is 4.39 Å². The van der Waals surface area contributed by atoms with Gasteiger partial charge in [0.15, 0.2) is 0 Å². The molecule has 1 aliphatic heterocycles. The first-order chi connectivity index (χ1) is 4.80. The molecule has 1 rings (SSSR count). The summed E-state index contributed by atoms with van der Waals surface area (Å²) in [6, 6.07) is 0. The van der Waals surface area contributed by atoms with Crippen molar-refractivity contribution in [3.8, 4) is 0 Å². The number of hydrogen-bond donors (Lipinski definition) is 0. The highest BCUT2D eigenvalue weighted by atomic mass is 19.1. The van der Waals surface area contributed by atoms with Crippen molar-refractivity contribution in [1.29, 1.82) is 0 Å². The van der Waals surface area contributed by atoms with Crippen molar-refractivity contribution in [2.45, 2.75) is 19.3 Å². The summed E-state index contributed by atoms with van der Waals surface area (Å²) in [5.74, 6) is -1.57. The quantitative estimate of drug-likeness (QED) is 0.482. The fourth-order valence-electron chi connectivity index (χ4n) is 0.792. The maximum Gasteiger partial charge on any atom is 0.366 e. The Balaban J connectivity index is 2.56. The Kier molecular flexibility index (Phi) is 2.42. The van der Waals surface area contributed by atoms with E-state index in [1.54, 1.807) is 0 Å². The monoisotopic (exact) mass is 144 g/mol. The summed E-state index contributed by atoms with van der Waals surface area (Å²) in [5, 5.41) is 0. The molecule has 0 aromatic carbocycles. The van der Waals surface area contributed by atoms with Crippen LogP contribution >= 0.6 is 0 Å². The Labute approximate surface area is 58.7 Å². The zero-order chi connectivity index (χ0) is 7.40. The first-order valence-corrected chi connectivity index (χ1v) is 3.33. The van der Waals surface area contributed by atoms with E-state index < -0.39 is 11.8 Å². The Bertz CT molecular complexity index is 163. The van der Waals surface area contributed by atoms with Crippen molar-refractivity contribution >= 4 is 5.97 Å². The molecule has 0 radical (unpaired) electrons. The van der Waals surface area contributed by atoms with Crippen LogP contribution in [0.15, 0.2) is 11.9 Å². The van der Waals surface area contributed by atoms with E-state index in [9.17, 15) is 9.18 Å². The number of carbonyl (C=O) groups is 1. The van der Waals surface area contributed by atoms with E-state index in [1.165, 1.54) is 6.08 Å². The normalized spacial score (nSPS) is 25.7. The lowest BCUT2D eigenvalue weighted by Crippen LogP contribution is -2.08. The van der Waals surface area contributed by atoms with Crippen molar-refractivity contribution in [3.63, 3.8) is 0 Å². The lowest BCUT2D eigenvalue weighted by Gasteiger charge is -2.05. The average molecular weight is 144 g/mol. The number of ether oxygens (including phenoxy) is 1. The van der Waals surface area contributed by atoms with Crippen molar-refractivity contribution in [1.82, 2.24) is 0 Å². The minimum Gasteiger partial charge on any atom is -0.460 e. The first-order valence-electron chi connectivity index (χ1n) is 3.33. The summed E-state index contributed by atoms with van der Waals surface area (Å²) in [4.78, 5) is 10.5. The van der Waals surface area contributed by atoms with Crippen molar-refractivity contribution in [2.75, 3.05) is 6.61 Å². The molecule has 0 amide bonds. The first kappa shape index (κ1) is 7.25. The molecule has 0 fully saturated rings. The molecule has 0 saturated carbocycles. The molecule has 0 atom stereocenters. The van der Waals surface area contributed by atoms with E-state index >= 15 is 0 Å². The van der Waals surface area contributed by atoms with Gasteiger partial charge in [-0.25, -0.2) is 4.79 Å². The van der Waals surface area contributed by atoms with E-state index in [1.807, 2.05) is 0 Å². The molecule has 0 aromatic heterocycles. The minimum atomic E-state index is -0.820. The van der Waals surface area contributed by atoms with Crippen LogP contribution in [0.4, 0.5) is 4.39 Å². The smallest absolute Gasteiger partial charge is 0.366 e. The number of halogens is 1. The second-order valence-electron chi connectivity index (χ2n) is 2.18. The fourth-order valence-corrected chi connectivity index (χ4v) is 0.792. The highest BCUT2D eigenvalue weighted by Crippen LogP contribution is 2.09. The molecule has 0 spiro atoms. The van der Waals surface area contributed by atoms with Crippen LogP contribution in [-0.4, -0.2) is 12.6 Å². The van der Waals surface area contributed by atoms with Crippen LogP contribution in [0.5, 0.6) is 0 Å². The highest BCUT2D eigenvalue weighted by Gasteiger charge is 2.10. The number of hydrogen-bond acceptors (Lipinski definition) is 2. The Morgan fingerprint density at radius 2 is 2.30 bits per heavy atom. The molecule has 1 heterocycles. The average Bonchev–Trinajstić information content (AvgIpc) is 1.92. The van der Waals surface area contributed by atoms with Crippen molar-refractivity contribution in [2.24, 2.45) is 0 Å². The van der Waals surface area contributed by atoms with Gasteiger partial charge in [0, 0.05) is 0 Å². The van der Waals surface area contributed by atoms with Gasteiger partial charge in [-0.3, -0.25) is 0 Å². The van der Waals surface area contributed by atoms with Crippen LogP contribution in [-0.2, 0) is 9.53 Å². The number of carbonyl (C=O) groups excluding carboxylic acids is 1. The summed E-state index contributed by atoms with van der Waals surface area (Å²) in [6.07, 6.45) is 3.64. The molecule has 0 aliphatic carbocycles. The van der Waals surface area contributed by atoms with Crippen LogP contribution in [0.2, 0.25) is 0 Å². The van der Waals surface area contributed by atoms with E-state index in [0.717, 1.165) is 12.8 Å². The third-order valence-corrected chi connectivity index (χ3v) is 1.35. The van der Waals surface area contributed by atoms with Crippen LogP contribution in [0.1, 0.15) is 19.3 Å². The van der Waals surface area contributed by atoms with E-state index in [0.29, 0.717) is 13.0 Å². The molecule has 0 bridgehead atoms. The second-order valence-corrected chi connectivity index (χ2v) is 2.18. The molecule has 56 valence electrons. The summed E-state index contributed by atoms with van der Waals surface area (Å²) in [7, 11) is 0. The van der Waals surface area contributed by atoms with Crippen molar-refractivity contribution in [3.05, 3.63) is 11.9 Å². The largest absolute Gasteiger partial charge is 0.460 e. The molecule has 10 heavy (non-hydrogen) atoms. The topological polar surface area (TPSA) is 26.3 Å². The Morgan fingerprint density at radius 3 is 3.10 bits per heavy atom. The fraction of sp³-hybridized carbons (Fsp3) is 0.571. The van der Waals surface area contributed by atoms with Crippen LogP contribution in [0.3, 0.4) is 0 Å². The molecule has 3 heteroatoms. The predicted molar refractivity (Wildman–Crippen MR) is 34.0 cm³/mol. The highest BCUT2D eigenvalue weighted by molar-refractivity contribution is 5.85. The van der Waals surface area contributed by atoms with Gasteiger partial charge in [0.05, 0.1) is 6.61 Å². The maximum atomic E-state index is 12.4. The Hall–Kier alpha value is -0.860. The van der Waals surface area contributed by atoms with Gasteiger partial charge in [-0.15, -0.1) is 0 Å². The number of allylic oxidation sites excluding steroid dienone is 1. The number of cyclic esters (lactones) is 1. The summed E-state index contributed by atoms with van der Waals surface area (Å²) >= 11 is 0. The lowest BCUT2D eigenvalue weighted by molar-refractivity contribution is -0.141. The Morgan fingerprint density at radius 1 is 1.50 bits per heavy atom. The molecule has 1 aliphatic rings. The van der Waals surface area contributed by atoms with Gasteiger partial charge in [0.1, 0.15) is 0 Å². The lowest BCUT2D eigenvalue weighted by atomic mass is 10.2. The minimum absolute atomic E-state index is 0.347. The number of esters is 1.